The molecule has 0 unspecified atom stereocenters. The average Bonchev–Trinajstić information content (AvgIpc) is 2.53. The van der Waals surface area contributed by atoms with Crippen LogP contribution in [0.1, 0.15) is 52.4 Å². The van der Waals surface area contributed by atoms with E-state index in [0.717, 1.165) is 44.3 Å². The second-order valence-corrected chi connectivity index (χ2v) is 5.66. The summed E-state index contributed by atoms with van der Waals surface area (Å²) in [6.45, 7) is 3.22. The van der Waals surface area contributed by atoms with Crippen molar-refractivity contribution >= 4 is 23.9 Å². The summed E-state index contributed by atoms with van der Waals surface area (Å²) in [5.41, 5.74) is -0.541. The highest BCUT2D eigenvalue weighted by Crippen LogP contribution is 2.34. The number of carboxylic acid groups (broad SMARTS) is 3. The van der Waals surface area contributed by atoms with Crippen LogP contribution in [-0.4, -0.2) is 44.8 Å². The number of hydrogen-bond acceptors (Lipinski definition) is 5. The summed E-state index contributed by atoms with van der Waals surface area (Å²) in [4.78, 5) is 41.3. The number of carbonyl (C=O) groups excluding carboxylic acids is 1. The van der Waals surface area contributed by atoms with Gasteiger partial charge in [-0.3, -0.25) is 0 Å². The molecule has 1 aliphatic rings. The number of carboxylic acids is 3. The van der Waals surface area contributed by atoms with Crippen molar-refractivity contribution in [3.63, 3.8) is 0 Å². The van der Waals surface area contributed by atoms with Crippen molar-refractivity contribution < 1.29 is 39.2 Å². The molecule has 0 heterocycles. The summed E-state index contributed by atoms with van der Waals surface area (Å²) >= 11 is 0. The Balaban J connectivity index is 0.000000547. The average molecular weight is 356 g/mol. The second kappa shape index (κ2) is 11.0. The maximum atomic E-state index is 11.4. The van der Waals surface area contributed by atoms with Gasteiger partial charge in [0.25, 0.3) is 0 Å². The number of carbonyl (C=O) groups is 4. The maximum absolute atomic E-state index is 11.4. The highest BCUT2D eigenvalue weighted by Gasteiger charge is 2.33. The van der Waals surface area contributed by atoms with Crippen molar-refractivity contribution in [2.24, 2.45) is 0 Å². The van der Waals surface area contributed by atoms with Crippen LogP contribution >= 0.6 is 0 Å². The van der Waals surface area contributed by atoms with Gasteiger partial charge in [0.05, 0.1) is 0 Å². The molecule has 0 bridgehead atoms. The molecule has 0 saturated heterocycles. The van der Waals surface area contributed by atoms with Crippen LogP contribution < -0.4 is 0 Å². The van der Waals surface area contributed by atoms with E-state index in [1.807, 2.05) is 6.92 Å². The fraction of sp³-hybridized carbons (Fsp3) is 0.529. The largest absolute Gasteiger partial charge is 0.478 e. The predicted octanol–water partition coefficient (Wildman–Crippen LogP) is 2.39. The van der Waals surface area contributed by atoms with Gasteiger partial charge in [0.15, 0.2) is 0 Å². The summed E-state index contributed by atoms with van der Waals surface area (Å²) in [6.07, 6.45) is 8.33. The molecule has 3 N–H and O–H groups in total. The third kappa shape index (κ3) is 9.95. The van der Waals surface area contributed by atoms with Gasteiger partial charge in [0.2, 0.25) is 0 Å². The van der Waals surface area contributed by atoms with Gasteiger partial charge in [-0.25, -0.2) is 19.2 Å². The standard InChI is InChI=1S/C12H18O4.C5H6O4/c1-2-12(8-4-3-5-9-12)16-11(15)7-6-10(13)14;1-3(5(8)9)2-4(6)7/h6-7H,2-5,8-9H2,1H3,(H,13,14);2H,1H3,(H,6,7)(H,8,9)/b7-6+;3-2-. The zero-order valence-corrected chi connectivity index (χ0v) is 14.4. The van der Waals surface area contributed by atoms with E-state index in [9.17, 15) is 19.2 Å². The molecule has 0 aromatic carbocycles. The Morgan fingerprint density at radius 2 is 1.52 bits per heavy atom. The summed E-state index contributed by atoms with van der Waals surface area (Å²) in [6, 6.07) is 0. The van der Waals surface area contributed by atoms with Crippen molar-refractivity contribution in [1.82, 2.24) is 0 Å². The van der Waals surface area contributed by atoms with Crippen molar-refractivity contribution in [2.75, 3.05) is 0 Å². The lowest BCUT2D eigenvalue weighted by Gasteiger charge is -2.35. The number of rotatable bonds is 6. The third-order valence-corrected chi connectivity index (χ3v) is 3.77. The van der Waals surface area contributed by atoms with E-state index in [1.165, 1.54) is 13.3 Å². The first-order chi connectivity index (χ1) is 11.6. The van der Waals surface area contributed by atoms with Crippen LogP contribution in [0.25, 0.3) is 0 Å². The number of hydrogen-bond donors (Lipinski definition) is 3. The number of ether oxygens (including phenoxy) is 1. The molecule has 8 heteroatoms. The molecule has 0 aromatic rings. The lowest BCUT2D eigenvalue weighted by Crippen LogP contribution is -2.36. The van der Waals surface area contributed by atoms with Crippen LogP contribution in [0.4, 0.5) is 0 Å². The molecule has 25 heavy (non-hydrogen) atoms. The van der Waals surface area contributed by atoms with Crippen LogP contribution in [-0.2, 0) is 23.9 Å². The first-order valence-corrected chi connectivity index (χ1v) is 7.90. The van der Waals surface area contributed by atoms with Gasteiger partial charge in [0, 0.05) is 23.8 Å². The van der Waals surface area contributed by atoms with E-state index in [1.54, 1.807) is 0 Å². The molecule has 0 aromatic heterocycles. The van der Waals surface area contributed by atoms with Crippen LogP contribution in [0.15, 0.2) is 23.8 Å². The Kier molecular flexibility index (Phi) is 9.85. The molecule has 0 spiro atoms. The molecular weight excluding hydrogens is 332 g/mol. The van der Waals surface area contributed by atoms with Crippen molar-refractivity contribution in [3.05, 3.63) is 23.8 Å². The molecule has 8 nitrogen and oxygen atoms in total. The third-order valence-electron chi connectivity index (χ3n) is 3.77. The zero-order chi connectivity index (χ0) is 19.5. The predicted molar refractivity (Wildman–Crippen MR) is 88.0 cm³/mol. The quantitative estimate of drug-likeness (QED) is 0.487. The van der Waals surface area contributed by atoms with E-state index < -0.39 is 23.9 Å². The Bertz CT molecular complexity index is 553. The van der Waals surface area contributed by atoms with E-state index in [4.69, 9.17) is 20.1 Å². The van der Waals surface area contributed by atoms with Crippen LogP contribution in [0.2, 0.25) is 0 Å². The zero-order valence-electron chi connectivity index (χ0n) is 14.4. The summed E-state index contributed by atoms with van der Waals surface area (Å²) in [7, 11) is 0. The smallest absolute Gasteiger partial charge is 0.331 e. The monoisotopic (exact) mass is 356 g/mol. The van der Waals surface area contributed by atoms with Crippen molar-refractivity contribution in [2.45, 2.75) is 58.0 Å². The van der Waals surface area contributed by atoms with Crippen molar-refractivity contribution in [3.8, 4) is 0 Å². The summed E-state index contributed by atoms with van der Waals surface area (Å²) in [5.74, 6) is -4.13. The molecular formula is C17H24O8. The number of esters is 1. The summed E-state index contributed by atoms with van der Waals surface area (Å²) in [5, 5.41) is 24.5. The molecule has 0 aliphatic heterocycles. The fourth-order valence-electron chi connectivity index (χ4n) is 2.36. The van der Waals surface area contributed by atoms with Gasteiger partial charge in [-0.2, -0.15) is 0 Å². The van der Waals surface area contributed by atoms with Crippen LogP contribution in [0.5, 0.6) is 0 Å². The second-order valence-electron chi connectivity index (χ2n) is 5.66. The normalized spacial score (nSPS) is 16.5. The Morgan fingerprint density at radius 1 is 0.960 bits per heavy atom. The molecule has 140 valence electrons. The van der Waals surface area contributed by atoms with Gasteiger partial charge in [-0.05, 0) is 39.0 Å². The minimum atomic E-state index is -1.24. The van der Waals surface area contributed by atoms with E-state index in [-0.39, 0.29) is 11.2 Å². The Morgan fingerprint density at radius 3 is 1.88 bits per heavy atom. The maximum Gasteiger partial charge on any atom is 0.331 e. The molecule has 0 radical (unpaired) electrons. The lowest BCUT2D eigenvalue weighted by atomic mass is 9.83. The van der Waals surface area contributed by atoms with Gasteiger partial charge >= 0.3 is 23.9 Å². The minimum absolute atomic E-state index is 0.178. The molecule has 0 atom stereocenters. The van der Waals surface area contributed by atoms with Gasteiger partial charge in [-0.1, -0.05) is 13.3 Å². The van der Waals surface area contributed by atoms with Crippen molar-refractivity contribution in [1.29, 1.82) is 0 Å². The Labute approximate surface area is 145 Å². The van der Waals surface area contributed by atoms with E-state index in [2.05, 4.69) is 0 Å². The highest BCUT2D eigenvalue weighted by atomic mass is 16.6. The van der Waals surface area contributed by atoms with Crippen LogP contribution in [0, 0.1) is 0 Å². The van der Waals surface area contributed by atoms with Crippen LogP contribution in [0.3, 0.4) is 0 Å². The SMILES string of the molecule is C/C(=C/C(=O)O)C(=O)O.CCC1(OC(=O)/C=C/C(=O)O)CCCCC1. The van der Waals surface area contributed by atoms with E-state index >= 15 is 0 Å². The Hall–Kier alpha value is -2.64. The molecule has 0 amide bonds. The fourth-order valence-corrected chi connectivity index (χ4v) is 2.36. The molecule has 1 saturated carbocycles. The minimum Gasteiger partial charge on any atom is -0.478 e. The molecule has 1 aliphatic carbocycles. The number of aliphatic carboxylic acids is 3. The first-order valence-electron chi connectivity index (χ1n) is 7.90. The highest BCUT2D eigenvalue weighted by molar-refractivity contribution is 5.94. The molecule has 1 fully saturated rings. The first kappa shape index (κ1) is 22.4. The van der Waals surface area contributed by atoms with E-state index in [0.29, 0.717) is 6.08 Å². The topological polar surface area (TPSA) is 138 Å². The summed E-state index contributed by atoms with van der Waals surface area (Å²) < 4.78 is 5.39. The lowest BCUT2D eigenvalue weighted by molar-refractivity contribution is -0.157. The van der Waals surface area contributed by atoms with Gasteiger partial charge in [0.1, 0.15) is 5.60 Å². The van der Waals surface area contributed by atoms with Gasteiger partial charge < -0.3 is 20.1 Å². The van der Waals surface area contributed by atoms with Gasteiger partial charge in [-0.15, -0.1) is 0 Å². The molecule has 1 rings (SSSR count).